The number of hydrogen-bond donors (Lipinski definition) is 0. The van der Waals surface area contributed by atoms with Crippen LogP contribution in [-0.4, -0.2) is 36.6 Å². The zero-order valence-corrected chi connectivity index (χ0v) is 15.2. The first-order valence-corrected chi connectivity index (χ1v) is 8.81. The van der Waals surface area contributed by atoms with Gasteiger partial charge in [-0.2, -0.15) is 4.68 Å². The highest BCUT2D eigenvalue weighted by Crippen LogP contribution is 2.20. The largest absolute Gasteiger partial charge is 0.350 e. The fourth-order valence-electron chi connectivity index (χ4n) is 3.11. The smallest absolute Gasteiger partial charge is 0.329 e. The van der Waals surface area contributed by atoms with Gasteiger partial charge in [0.1, 0.15) is 0 Å². The van der Waals surface area contributed by atoms with Crippen LogP contribution in [0.2, 0.25) is 5.02 Å². The Balaban J connectivity index is 1.63. The number of hydrogen-bond acceptors (Lipinski definition) is 5. The lowest BCUT2D eigenvalue weighted by Crippen LogP contribution is -2.41. The molecule has 1 aliphatic rings. The van der Waals surface area contributed by atoms with Gasteiger partial charge in [-0.3, -0.25) is 19.5 Å². The maximum Gasteiger partial charge on any atom is 0.350 e. The second-order valence-electron chi connectivity index (χ2n) is 6.24. The van der Waals surface area contributed by atoms with Crippen molar-refractivity contribution >= 4 is 23.2 Å². The molecule has 0 saturated heterocycles. The number of fused-ring (bicyclic) bond motifs is 1. The fraction of sp³-hybridized carbons (Fsp3) is 0.167. The Hall–Kier alpha value is -3.46. The van der Waals surface area contributed by atoms with E-state index in [9.17, 15) is 19.7 Å². The van der Waals surface area contributed by atoms with Gasteiger partial charge in [-0.15, -0.1) is 5.10 Å². The highest BCUT2D eigenvalue weighted by Gasteiger charge is 2.27. The highest BCUT2D eigenvalue weighted by molar-refractivity contribution is 6.33. The van der Waals surface area contributed by atoms with Crippen LogP contribution in [0.25, 0.3) is 5.69 Å². The third-order valence-electron chi connectivity index (χ3n) is 4.56. The molecule has 0 fully saturated rings. The van der Waals surface area contributed by atoms with Crippen LogP contribution in [0.3, 0.4) is 0 Å². The van der Waals surface area contributed by atoms with Gasteiger partial charge in [0.15, 0.2) is 5.82 Å². The number of aromatic nitrogens is 3. The minimum absolute atomic E-state index is 0.0720. The van der Waals surface area contributed by atoms with Crippen LogP contribution < -0.4 is 5.69 Å². The molecule has 142 valence electrons. The first kappa shape index (κ1) is 17.9. The Morgan fingerprint density at radius 1 is 1.11 bits per heavy atom. The van der Waals surface area contributed by atoms with Gasteiger partial charge in [0.2, 0.25) is 0 Å². The molecule has 0 spiro atoms. The third kappa shape index (κ3) is 3.05. The molecular formula is C18H14ClN5O4. The summed E-state index contributed by atoms with van der Waals surface area (Å²) in [5.74, 6) is 0.212. The Morgan fingerprint density at radius 2 is 1.82 bits per heavy atom. The summed E-state index contributed by atoms with van der Waals surface area (Å²) in [6.07, 6.45) is 0. The molecule has 28 heavy (non-hydrogen) atoms. The number of rotatable bonds is 3. The van der Waals surface area contributed by atoms with E-state index in [1.807, 2.05) is 0 Å². The fourth-order valence-corrected chi connectivity index (χ4v) is 3.33. The van der Waals surface area contributed by atoms with Crippen molar-refractivity contribution in [3.05, 3.63) is 85.5 Å². The number of nitrogens with zero attached hydrogens (tertiary/aromatic N) is 5. The molecule has 0 bridgehead atoms. The van der Waals surface area contributed by atoms with E-state index in [0.717, 1.165) is 0 Å². The normalized spacial score (nSPS) is 13.2. The summed E-state index contributed by atoms with van der Waals surface area (Å²) in [4.78, 5) is 37.2. The van der Waals surface area contributed by atoms with E-state index in [-0.39, 0.29) is 23.8 Å². The zero-order valence-electron chi connectivity index (χ0n) is 14.5. The minimum atomic E-state index is -0.511. The van der Waals surface area contributed by atoms with Crippen LogP contribution in [-0.2, 0) is 13.1 Å². The van der Waals surface area contributed by atoms with Crippen LogP contribution in [0, 0.1) is 10.1 Å². The molecule has 3 aromatic rings. The SMILES string of the molecule is O=C(c1ccccc1Cl)N1CCn2c(nn(-c3ccc([N+](=O)[O-])cc3)c2=O)C1. The average Bonchev–Trinajstić information content (AvgIpc) is 3.04. The number of non-ortho nitro benzene ring substituents is 1. The molecule has 0 N–H and O–H groups in total. The van der Waals surface area contributed by atoms with Crippen LogP contribution >= 0.6 is 11.6 Å². The van der Waals surface area contributed by atoms with E-state index in [1.54, 1.807) is 29.2 Å². The van der Waals surface area contributed by atoms with Crippen LogP contribution in [0.5, 0.6) is 0 Å². The van der Waals surface area contributed by atoms with Gasteiger partial charge >= 0.3 is 5.69 Å². The standard InChI is InChI=1S/C18H14ClN5O4/c19-15-4-2-1-3-14(15)17(25)21-9-10-22-16(11-21)20-23(18(22)26)12-5-7-13(8-6-12)24(27)28/h1-8H,9-11H2. The quantitative estimate of drug-likeness (QED) is 0.496. The molecule has 4 rings (SSSR count). The zero-order chi connectivity index (χ0) is 19.8. The second kappa shape index (κ2) is 6.93. The first-order chi connectivity index (χ1) is 13.5. The number of nitro benzene ring substituents is 1. The van der Waals surface area contributed by atoms with Crippen molar-refractivity contribution in [2.45, 2.75) is 13.1 Å². The Labute approximate surface area is 163 Å². The van der Waals surface area contributed by atoms with Gasteiger partial charge in [-0.1, -0.05) is 23.7 Å². The summed E-state index contributed by atoms with van der Waals surface area (Å²) < 4.78 is 2.68. The summed E-state index contributed by atoms with van der Waals surface area (Å²) in [7, 11) is 0. The van der Waals surface area contributed by atoms with E-state index in [1.165, 1.54) is 33.5 Å². The van der Waals surface area contributed by atoms with Crippen LogP contribution in [0.1, 0.15) is 16.2 Å². The number of nitro groups is 1. The molecule has 1 aromatic heterocycles. The van der Waals surface area contributed by atoms with Crippen molar-refractivity contribution in [3.63, 3.8) is 0 Å². The van der Waals surface area contributed by atoms with Crippen molar-refractivity contribution in [1.29, 1.82) is 0 Å². The minimum Gasteiger partial charge on any atom is -0.329 e. The molecule has 2 heterocycles. The van der Waals surface area contributed by atoms with Crippen molar-refractivity contribution in [3.8, 4) is 5.69 Å². The second-order valence-corrected chi connectivity index (χ2v) is 6.65. The maximum atomic E-state index is 12.7. The molecule has 10 heteroatoms. The molecule has 0 saturated carbocycles. The van der Waals surface area contributed by atoms with E-state index in [0.29, 0.717) is 35.2 Å². The average molecular weight is 400 g/mol. The topological polar surface area (TPSA) is 103 Å². The molecule has 1 amide bonds. The summed E-state index contributed by atoms with van der Waals surface area (Å²) >= 11 is 6.11. The molecule has 0 unspecified atom stereocenters. The number of carbonyl (C=O) groups excluding carboxylic acids is 1. The molecule has 2 aromatic carbocycles. The van der Waals surface area contributed by atoms with Gasteiger partial charge in [-0.25, -0.2) is 4.79 Å². The summed E-state index contributed by atoms with van der Waals surface area (Å²) in [5, 5.41) is 15.5. The molecular weight excluding hydrogens is 386 g/mol. The predicted molar refractivity (Wildman–Crippen MR) is 101 cm³/mol. The lowest BCUT2D eigenvalue weighted by molar-refractivity contribution is -0.384. The predicted octanol–water partition coefficient (Wildman–Crippen LogP) is 2.25. The van der Waals surface area contributed by atoms with E-state index < -0.39 is 4.92 Å². The van der Waals surface area contributed by atoms with Gasteiger partial charge in [0.25, 0.3) is 11.6 Å². The summed E-state index contributed by atoms with van der Waals surface area (Å²) in [6, 6.07) is 12.3. The summed E-state index contributed by atoms with van der Waals surface area (Å²) in [6.45, 7) is 0.819. The van der Waals surface area contributed by atoms with Crippen LogP contribution in [0.15, 0.2) is 53.3 Å². The van der Waals surface area contributed by atoms with Gasteiger partial charge in [-0.05, 0) is 24.3 Å². The first-order valence-electron chi connectivity index (χ1n) is 8.43. The number of benzene rings is 2. The van der Waals surface area contributed by atoms with Crippen LogP contribution in [0.4, 0.5) is 5.69 Å². The summed E-state index contributed by atoms with van der Waals surface area (Å²) in [5.41, 5.74) is 0.391. The third-order valence-corrected chi connectivity index (χ3v) is 4.89. The van der Waals surface area contributed by atoms with E-state index in [4.69, 9.17) is 11.6 Å². The van der Waals surface area contributed by atoms with Gasteiger partial charge in [0, 0.05) is 25.2 Å². The lowest BCUT2D eigenvalue weighted by Gasteiger charge is -2.27. The van der Waals surface area contributed by atoms with E-state index in [2.05, 4.69) is 5.10 Å². The number of halogens is 1. The monoisotopic (exact) mass is 399 g/mol. The molecule has 9 nitrogen and oxygen atoms in total. The van der Waals surface area contributed by atoms with Crippen molar-refractivity contribution in [2.24, 2.45) is 0 Å². The Kier molecular flexibility index (Phi) is 4.44. The molecule has 1 aliphatic heterocycles. The maximum absolute atomic E-state index is 12.7. The lowest BCUT2D eigenvalue weighted by atomic mass is 10.2. The van der Waals surface area contributed by atoms with E-state index >= 15 is 0 Å². The Morgan fingerprint density at radius 3 is 2.50 bits per heavy atom. The van der Waals surface area contributed by atoms with Gasteiger partial charge < -0.3 is 4.90 Å². The Bertz CT molecular complexity index is 1140. The van der Waals surface area contributed by atoms with Crippen molar-refractivity contribution in [2.75, 3.05) is 6.54 Å². The molecule has 0 aliphatic carbocycles. The van der Waals surface area contributed by atoms with Crippen molar-refractivity contribution < 1.29 is 9.72 Å². The number of carbonyl (C=O) groups is 1. The van der Waals surface area contributed by atoms with Crippen molar-refractivity contribution in [1.82, 2.24) is 19.2 Å². The number of amides is 1. The molecule has 0 radical (unpaired) electrons. The van der Waals surface area contributed by atoms with Gasteiger partial charge in [0.05, 0.1) is 27.7 Å². The highest BCUT2D eigenvalue weighted by atomic mass is 35.5. The molecule has 0 atom stereocenters.